The minimum absolute atomic E-state index is 0.0323. The summed E-state index contributed by atoms with van der Waals surface area (Å²) in [6.07, 6.45) is 1.44. The van der Waals surface area contributed by atoms with E-state index in [4.69, 9.17) is 4.74 Å². The Kier molecular flexibility index (Phi) is 9.45. The van der Waals surface area contributed by atoms with Crippen LogP contribution in [-0.2, 0) is 19.1 Å². The molecule has 9 nitrogen and oxygen atoms in total. The number of piperazine rings is 1. The predicted octanol–water partition coefficient (Wildman–Crippen LogP) is 1.30. The van der Waals surface area contributed by atoms with E-state index in [9.17, 15) is 19.2 Å². The third-order valence-electron chi connectivity index (χ3n) is 5.04. The van der Waals surface area contributed by atoms with Gasteiger partial charge in [0, 0.05) is 30.4 Å². The highest BCUT2D eigenvalue weighted by molar-refractivity contribution is 5.96. The van der Waals surface area contributed by atoms with Gasteiger partial charge in [0.2, 0.25) is 11.8 Å². The first-order valence-corrected chi connectivity index (χ1v) is 10.7. The maximum atomic E-state index is 12.5. The molecular weight excluding hydrogens is 400 g/mol. The molecule has 0 aromatic heterocycles. The van der Waals surface area contributed by atoms with E-state index >= 15 is 0 Å². The molecule has 1 saturated heterocycles. The fourth-order valence-electron chi connectivity index (χ4n) is 3.11. The first-order valence-electron chi connectivity index (χ1n) is 10.7. The average molecular weight is 433 g/mol. The van der Waals surface area contributed by atoms with Gasteiger partial charge in [-0.05, 0) is 44.0 Å². The average Bonchev–Trinajstić information content (AvgIpc) is 2.75. The Morgan fingerprint density at radius 3 is 2.58 bits per heavy atom. The van der Waals surface area contributed by atoms with E-state index in [0.29, 0.717) is 37.4 Å². The smallest absolute Gasteiger partial charge is 0.307 e. The van der Waals surface area contributed by atoms with Gasteiger partial charge in [-0.1, -0.05) is 13.8 Å². The van der Waals surface area contributed by atoms with Crippen LogP contribution in [0.5, 0.6) is 0 Å². The molecule has 1 aromatic carbocycles. The summed E-state index contributed by atoms with van der Waals surface area (Å²) in [4.78, 5) is 50.5. The van der Waals surface area contributed by atoms with Crippen molar-refractivity contribution in [2.45, 2.75) is 52.1 Å². The van der Waals surface area contributed by atoms with Gasteiger partial charge in [0.15, 0.2) is 0 Å². The van der Waals surface area contributed by atoms with Gasteiger partial charge in [0.25, 0.3) is 5.91 Å². The van der Waals surface area contributed by atoms with Gasteiger partial charge in [0.05, 0.1) is 19.6 Å². The van der Waals surface area contributed by atoms with Crippen LogP contribution in [0.25, 0.3) is 0 Å². The van der Waals surface area contributed by atoms with Crippen LogP contribution in [0.2, 0.25) is 0 Å². The van der Waals surface area contributed by atoms with Crippen LogP contribution >= 0.6 is 0 Å². The van der Waals surface area contributed by atoms with Gasteiger partial charge in [-0.3, -0.25) is 24.1 Å². The van der Waals surface area contributed by atoms with E-state index in [1.807, 2.05) is 20.8 Å². The van der Waals surface area contributed by atoms with Crippen LogP contribution < -0.4 is 16.0 Å². The third kappa shape index (κ3) is 7.67. The molecule has 2 atom stereocenters. The molecule has 1 heterocycles. The van der Waals surface area contributed by atoms with E-state index in [0.717, 1.165) is 6.42 Å². The number of amides is 3. The highest BCUT2D eigenvalue weighted by Gasteiger charge is 2.33. The zero-order valence-corrected chi connectivity index (χ0v) is 18.4. The number of hydrogen-bond donors (Lipinski definition) is 3. The third-order valence-corrected chi connectivity index (χ3v) is 5.04. The zero-order valence-electron chi connectivity index (χ0n) is 18.4. The summed E-state index contributed by atoms with van der Waals surface area (Å²) in [5.74, 6) is -1.22. The number of carbonyl (C=O) groups excluding carboxylic acids is 4. The van der Waals surface area contributed by atoms with Crippen LogP contribution in [-0.4, -0.2) is 66.9 Å². The van der Waals surface area contributed by atoms with E-state index in [1.54, 1.807) is 29.2 Å². The summed E-state index contributed by atoms with van der Waals surface area (Å²) in [6.45, 7) is 6.96. The van der Waals surface area contributed by atoms with E-state index in [1.165, 1.54) is 0 Å². The maximum absolute atomic E-state index is 12.5. The largest absolute Gasteiger partial charge is 0.466 e. The van der Waals surface area contributed by atoms with Crippen molar-refractivity contribution < 1.29 is 23.9 Å². The fourth-order valence-corrected chi connectivity index (χ4v) is 3.11. The molecular formula is C22H32N4O5. The van der Waals surface area contributed by atoms with Gasteiger partial charge in [-0.2, -0.15) is 0 Å². The molecule has 31 heavy (non-hydrogen) atoms. The lowest BCUT2D eigenvalue weighted by Crippen LogP contribution is -2.57. The number of anilines is 1. The summed E-state index contributed by atoms with van der Waals surface area (Å²) in [7, 11) is 0. The lowest BCUT2D eigenvalue weighted by molar-refractivity contribution is -0.148. The number of rotatable bonds is 10. The second-order valence-electron chi connectivity index (χ2n) is 7.61. The van der Waals surface area contributed by atoms with Crippen molar-refractivity contribution in [2.24, 2.45) is 0 Å². The summed E-state index contributed by atoms with van der Waals surface area (Å²) in [5, 5.41) is 8.38. The van der Waals surface area contributed by atoms with Crippen LogP contribution in [0, 0.1) is 0 Å². The predicted molar refractivity (Wildman–Crippen MR) is 117 cm³/mol. The summed E-state index contributed by atoms with van der Waals surface area (Å²) in [5.41, 5.74) is 1.06. The highest BCUT2D eigenvalue weighted by Crippen LogP contribution is 2.13. The number of hydrogen-bond acceptors (Lipinski definition) is 6. The molecule has 1 aromatic rings. The molecule has 1 fully saturated rings. The van der Waals surface area contributed by atoms with Gasteiger partial charge < -0.3 is 20.7 Å². The number of ether oxygens (including phenoxy) is 1. The van der Waals surface area contributed by atoms with Gasteiger partial charge >= 0.3 is 5.97 Å². The highest BCUT2D eigenvalue weighted by atomic mass is 16.5. The number of esters is 1. The van der Waals surface area contributed by atoms with Crippen LogP contribution in [0.15, 0.2) is 24.3 Å². The number of benzene rings is 1. The van der Waals surface area contributed by atoms with Crippen molar-refractivity contribution in [3.63, 3.8) is 0 Å². The Balaban J connectivity index is 1.93. The second-order valence-corrected chi connectivity index (χ2v) is 7.61. The van der Waals surface area contributed by atoms with E-state index in [-0.39, 0.29) is 36.7 Å². The molecule has 1 aliphatic heterocycles. The molecule has 2 rings (SSSR count). The normalized spacial score (nSPS) is 17.4. The van der Waals surface area contributed by atoms with Crippen molar-refractivity contribution >= 4 is 29.4 Å². The summed E-state index contributed by atoms with van der Waals surface area (Å²) >= 11 is 0. The molecule has 2 unspecified atom stereocenters. The van der Waals surface area contributed by atoms with Gasteiger partial charge in [0.1, 0.15) is 6.04 Å². The molecule has 0 spiro atoms. The molecule has 170 valence electrons. The second kappa shape index (κ2) is 12.0. The first kappa shape index (κ1) is 24.3. The molecule has 3 N–H and O–H groups in total. The molecule has 9 heteroatoms. The van der Waals surface area contributed by atoms with Gasteiger partial charge in [-0.25, -0.2) is 0 Å². The van der Waals surface area contributed by atoms with Crippen molar-refractivity contribution in [1.29, 1.82) is 0 Å². The standard InChI is InChI=1S/C22H32N4O5/c1-4-12-31-20(28)13-18-22(30)23-10-11-26(18)14-19(27)25-17-8-6-16(7-9-17)21(29)24-15(3)5-2/h6-9,15,18H,4-5,10-14H2,1-3H3,(H,23,30)(H,24,29)(H,25,27). The maximum Gasteiger partial charge on any atom is 0.307 e. The minimum atomic E-state index is -0.740. The summed E-state index contributed by atoms with van der Waals surface area (Å²) < 4.78 is 5.07. The Morgan fingerprint density at radius 2 is 1.94 bits per heavy atom. The van der Waals surface area contributed by atoms with Crippen molar-refractivity contribution in [2.75, 3.05) is 31.6 Å². The molecule has 0 bridgehead atoms. The minimum Gasteiger partial charge on any atom is -0.466 e. The van der Waals surface area contributed by atoms with Gasteiger partial charge in [-0.15, -0.1) is 0 Å². The molecule has 1 aliphatic rings. The Morgan fingerprint density at radius 1 is 1.23 bits per heavy atom. The lowest BCUT2D eigenvalue weighted by Gasteiger charge is -2.33. The Hall–Kier alpha value is -2.94. The van der Waals surface area contributed by atoms with E-state index in [2.05, 4.69) is 16.0 Å². The molecule has 0 saturated carbocycles. The Labute approximate surface area is 182 Å². The van der Waals surface area contributed by atoms with E-state index < -0.39 is 12.0 Å². The quantitative estimate of drug-likeness (QED) is 0.480. The van der Waals surface area contributed by atoms with Crippen LogP contribution in [0.3, 0.4) is 0 Å². The molecule has 3 amide bonds. The fraction of sp³-hybridized carbons (Fsp3) is 0.545. The summed E-state index contributed by atoms with van der Waals surface area (Å²) in [6, 6.07) is 5.96. The zero-order chi connectivity index (χ0) is 22.8. The first-order chi connectivity index (χ1) is 14.8. The molecule has 0 aliphatic carbocycles. The SMILES string of the molecule is CCCOC(=O)CC1C(=O)NCCN1CC(=O)Nc1ccc(C(=O)NC(C)CC)cc1. The monoisotopic (exact) mass is 432 g/mol. The lowest BCUT2D eigenvalue weighted by atomic mass is 10.1. The topological polar surface area (TPSA) is 117 Å². The molecule has 0 radical (unpaired) electrons. The Bertz CT molecular complexity index is 781. The number of nitrogens with one attached hydrogen (secondary N) is 3. The van der Waals surface area contributed by atoms with Crippen molar-refractivity contribution in [1.82, 2.24) is 15.5 Å². The van der Waals surface area contributed by atoms with Crippen molar-refractivity contribution in [3.05, 3.63) is 29.8 Å². The number of nitrogens with zero attached hydrogens (tertiary/aromatic N) is 1. The van der Waals surface area contributed by atoms with Crippen LogP contribution in [0.1, 0.15) is 50.4 Å². The van der Waals surface area contributed by atoms with Crippen LogP contribution in [0.4, 0.5) is 5.69 Å². The number of carbonyl (C=O) groups is 4. The van der Waals surface area contributed by atoms with Crippen molar-refractivity contribution in [3.8, 4) is 0 Å².